The Morgan fingerprint density at radius 1 is 1.03 bits per heavy atom. The van der Waals surface area contributed by atoms with Crippen molar-refractivity contribution in [2.24, 2.45) is 0 Å². The Balaban J connectivity index is 1.37. The van der Waals surface area contributed by atoms with E-state index in [0.717, 1.165) is 18.4 Å². The normalized spacial score (nSPS) is 14.5. The molecule has 0 spiro atoms. The third-order valence-corrected chi connectivity index (χ3v) is 5.48. The molecular weight excluding hydrogens is 406 g/mol. The maximum Gasteiger partial charge on any atom is 0.337 e. The van der Waals surface area contributed by atoms with Crippen LogP contribution in [0.25, 0.3) is 11.4 Å². The molecule has 1 aliphatic heterocycles. The Hall–Kier alpha value is -3.19. The van der Waals surface area contributed by atoms with Gasteiger partial charge in [-0.1, -0.05) is 16.8 Å². The van der Waals surface area contributed by atoms with Crippen LogP contribution in [0.2, 0.25) is 5.02 Å². The second-order valence-corrected chi connectivity index (χ2v) is 7.53. The monoisotopic (exact) mass is 425 g/mol. The predicted octanol–water partition coefficient (Wildman–Crippen LogP) is 4.20. The lowest BCUT2D eigenvalue weighted by Gasteiger charge is -2.30. The molecule has 0 N–H and O–H groups in total. The van der Waals surface area contributed by atoms with Gasteiger partial charge in [-0.2, -0.15) is 4.98 Å². The van der Waals surface area contributed by atoms with E-state index in [1.807, 2.05) is 12.1 Å². The zero-order valence-corrected chi connectivity index (χ0v) is 17.1. The van der Waals surface area contributed by atoms with E-state index in [1.54, 1.807) is 41.3 Å². The van der Waals surface area contributed by atoms with Crippen LogP contribution in [-0.2, 0) is 4.74 Å². The lowest BCUT2D eigenvalue weighted by atomic mass is 9.96. The Kier molecular flexibility index (Phi) is 5.81. The van der Waals surface area contributed by atoms with Gasteiger partial charge in [-0.25, -0.2) is 4.79 Å². The fraction of sp³-hybridized carbons (Fsp3) is 0.273. The average Bonchev–Trinajstić information content (AvgIpc) is 3.29. The molecule has 0 bridgehead atoms. The van der Waals surface area contributed by atoms with Crippen molar-refractivity contribution in [2.45, 2.75) is 18.8 Å². The highest BCUT2D eigenvalue weighted by Crippen LogP contribution is 2.29. The van der Waals surface area contributed by atoms with E-state index in [9.17, 15) is 9.59 Å². The predicted molar refractivity (Wildman–Crippen MR) is 110 cm³/mol. The summed E-state index contributed by atoms with van der Waals surface area (Å²) in [4.78, 5) is 30.6. The quantitative estimate of drug-likeness (QED) is 0.582. The van der Waals surface area contributed by atoms with Crippen molar-refractivity contribution in [1.29, 1.82) is 0 Å². The number of carbonyl (C=O) groups is 2. The summed E-state index contributed by atoms with van der Waals surface area (Å²) in [7, 11) is 1.33. The number of carbonyl (C=O) groups excluding carboxylic acids is 2. The van der Waals surface area contributed by atoms with Gasteiger partial charge in [0.1, 0.15) is 0 Å². The third-order valence-electron chi connectivity index (χ3n) is 5.23. The van der Waals surface area contributed by atoms with Gasteiger partial charge in [0.05, 0.1) is 12.7 Å². The summed E-state index contributed by atoms with van der Waals surface area (Å²) < 4.78 is 10.2. The number of ether oxygens (including phenoxy) is 1. The minimum atomic E-state index is -0.424. The van der Waals surface area contributed by atoms with Gasteiger partial charge in [0.2, 0.25) is 11.7 Å². The summed E-state index contributed by atoms with van der Waals surface area (Å²) >= 11 is 5.92. The first kappa shape index (κ1) is 20.1. The van der Waals surface area contributed by atoms with E-state index in [2.05, 4.69) is 14.9 Å². The molecule has 1 amide bonds. The van der Waals surface area contributed by atoms with E-state index >= 15 is 0 Å². The SMILES string of the molecule is COC(=O)c1ccc(C(=O)N2CCC(c3nc(-c4ccc(Cl)cc4)no3)CC2)cc1. The van der Waals surface area contributed by atoms with E-state index in [0.29, 0.717) is 41.0 Å². The molecule has 7 nitrogen and oxygen atoms in total. The summed E-state index contributed by atoms with van der Waals surface area (Å²) in [6.45, 7) is 1.20. The molecule has 0 atom stereocenters. The van der Waals surface area contributed by atoms with Crippen molar-refractivity contribution in [3.8, 4) is 11.4 Å². The Labute approximate surface area is 178 Å². The fourth-order valence-corrected chi connectivity index (χ4v) is 3.62. The molecule has 3 aromatic rings. The van der Waals surface area contributed by atoms with Crippen LogP contribution in [-0.4, -0.2) is 47.1 Å². The number of esters is 1. The largest absolute Gasteiger partial charge is 0.465 e. The van der Waals surface area contributed by atoms with Crippen molar-refractivity contribution in [3.63, 3.8) is 0 Å². The first-order valence-electron chi connectivity index (χ1n) is 9.62. The number of rotatable bonds is 4. The molecule has 1 saturated heterocycles. The van der Waals surface area contributed by atoms with Gasteiger partial charge in [-0.3, -0.25) is 4.79 Å². The minimum absolute atomic E-state index is 0.0581. The van der Waals surface area contributed by atoms with Gasteiger partial charge in [0, 0.05) is 35.2 Å². The fourth-order valence-electron chi connectivity index (χ4n) is 3.50. The molecule has 8 heteroatoms. The van der Waals surface area contributed by atoms with Crippen LogP contribution < -0.4 is 0 Å². The standard InChI is InChI=1S/C22H20ClN3O4/c1-29-22(28)17-4-2-16(3-5-17)21(27)26-12-10-15(11-13-26)20-24-19(25-30-20)14-6-8-18(23)9-7-14/h2-9,15H,10-13H2,1H3. The van der Waals surface area contributed by atoms with E-state index in [4.69, 9.17) is 16.1 Å². The summed E-state index contributed by atoms with van der Waals surface area (Å²) in [5, 5.41) is 4.73. The average molecular weight is 426 g/mol. The molecular formula is C22H20ClN3O4. The van der Waals surface area contributed by atoms with Gasteiger partial charge in [0.25, 0.3) is 5.91 Å². The number of hydrogen-bond donors (Lipinski definition) is 0. The number of hydrogen-bond acceptors (Lipinski definition) is 6. The van der Waals surface area contributed by atoms with Crippen molar-refractivity contribution in [1.82, 2.24) is 15.0 Å². The highest BCUT2D eigenvalue weighted by atomic mass is 35.5. The highest BCUT2D eigenvalue weighted by molar-refractivity contribution is 6.30. The second kappa shape index (κ2) is 8.67. The Morgan fingerprint density at radius 3 is 2.30 bits per heavy atom. The van der Waals surface area contributed by atoms with Crippen LogP contribution in [0.3, 0.4) is 0 Å². The van der Waals surface area contributed by atoms with Crippen LogP contribution >= 0.6 is 11.6 Å². The molecule has 1 aromatic heterocycles. The number of methoxy groups -OCH3 is 1. The number of likely N-dealkylation sites (tertiary alicyclic amines) is 1. The zero-order valence-electron chi connectivity index (χ0n) is 16.4. The van der Waals surface area contributed by atoms with E-state index in [1.165, 1.54) is 7.11 Å². The molecule has 2 heterocycles. The molecule has 154 valence electrons. The van der Waals surface area contributed by atoms with Gasteiger partial charge < -0.3 is 14.2 Å². The topological polar surface area (TPSA) is 85.5 Å². The number of nitrogens with zero attached hydrogens (tertiary/aromatic N) is 3. The van der Waals surface area contributed by atoms with E-state index in [-0.39, 0.29) is 11.8 Å². The number of amides is 1. The summed E-state index contributed by atoms with van der Waals surface area (Å²) in [5.41, 5.74) is 1.81. The van der Waals surface area contributed by atoms with Crippen molar-refractivity contribution in [2.75, 3.05) is 20.2 Å². The molecule has 4 rings (SSSR count). The molecule has 1 aliphatic rings. The Morgan fingerprint density at radius 2 is 1.67 bits per heavy atom. The summed E-state index contributed by atoms with van der Waals surface area (Å²) in [5.74, 6) is 0.759. The number of piperidine rings is 1. The number of aromatic nitrogens is 2. The van der Waals surface area contributed by atoms with Gasteiger partial charge in [0.15, 0.2) is 0 Å². The molecule has 30 heavy (non-hydrogen) atoms. The van der Waals surface area contributed by atoms with Crippen LogP contribution in [0.4, 0.5) is 0 Å². The smallest absolute Gasteiger partial charge is 0.337 e. The molecule has 0 unspecified atom stereocenters. The van der Waals surface area contributed by atoms with Crippen molar-refractivity contribution < 1.29 is 18.8 Å². The lowest BCUT2D eigenvalue weighted by molar-refractivity contribution is 0.0599. The third kappa shape index (κ3) is 4.21. The zero-order chi connectivity index (χ0) is 21.1. The highest BCUT2D eigenvalue weighted by Gasteiger charge is 2.28. The minimum Gasteiger partial charge on any atom is -0.465 e. The molecule has 2 aromatic carbocycles. The van der Waals surface area contributed by atoms with Crippen LogP contribution in [0.15, 0.2) is 53.1 Å². The molecule has 0 aliphatic carbocycles. The summed E-state index contributed by atoms with van der Waals surface area (Å²) in [6.07, 6.45) is 1.49. The molecule has 0 saturated carbocycles. The first-order chi connectivity index (χ1) is 14.5. The number of halogens is 1. The van der Waals surface area contributed by atoms with Crippen LogP contribution in [0.5, 0.6) is 0 Å². The Bertz CT molecular complexity index is 1040. The maximum atomic E-state index is 12.8. The molecule has 1 fully saturated rings. The molecule has 0 radical (unpaired) electrons. The van der Waals surface area contributed by atoms with Gasteiger partial charge in [-0.05, 0) is 61.4 Å². The number of benzene rings is 2. The van der Waals surface area contributed by atoms with E-state index < -0.39 is 5.97 Å². The first-order valence-corrected chi connectivity index (χ1v) is 10.00. The van der Waals surface area contributed by atoms with Crippen molar-refractivity contribution in [3.05, 3.63) is 70.6 Å². The van der Waals surface area contributed by atoms with Gasteiger partial charge >= 0.3 is 5.97 Å². The van der Waals surface area contributed by atoms with Crippen LogP contribution in [0.1, 0.15) is 45.4 Å². The van der Waals surface area contributed by atoms with Crippen molar-refractivity contribution >= 4 is 23.5 Å². The van der Waals surface area contributed by atoms with Gasteiger partial charge in [-0.15, -0.1) is 0 Å². The second-order valence-electron chi connectivity index (χ2n) is 7.10. The maximum absolute atomic E-state index is 12.8. The van der Waals surface area contributed by atoms with Crippen LogP contribution in [0, 0.1) is 0 Å². The lowest BCUT2D eigenvalue weighted by Crippen LogP contribution is -2.38. The summed E-state index contributed by atoms with van der Waals surface area (Å²) in [6, 6.07) is 13.8.